The van der Waals surface area contributed by atoms with Gasteiger partial charge in [-0.25, -0.2) is 0 Å². The van der Waals surface area contributed by atoms with E-state index >= 15 is 0 Å². The molecule has 37 heavy (non-hydrogen) atoms. The van der Waals surface area contributed by atoms with Gasteiger partial charge in [-0.3, -0.25) is 0 Å². The molecule has 1 atom stereocenters. The van der Waals surface area contributed by atoms with Crippen molar-refractivity contribution in [3.63, 3.8) is 0 Å². The minimum absolute atomic E-state index is 0.284. The fourth-order valence-electron chi connectivity index (χ4n) is 7.65. The summed E-state index contributed by atoms with van der Waals surface area (Å²) in [6.45, 7) is 10.3. The summed E-state index contributed by atoms with van der Waals surface area (Å²) in [7, 11) is -1.39. The second-order valence-corrected chi connectivity index (χ2v) is 25.5. The molecule has 0 saturated carbocycles. The number of rotatable bonds is 9. The first-order chi connectivity index (χ1) is 17.8. The van der Waals surface area contributed by atoms with E-state index in [0.29, 0.717) is 0 Å². The van der Waals surface area contributed by atoms with E-state index in [1.54, 1.807) is 27.8 Å². The normalized spacial score (nSPS) is 20.1. The summed E-state index contributed by atoms with van der Waals surface area (Å²) >= 11 is -2.85. The van der Waals surface area contributed by atoms with Gasteiger partial charge >= 0.3 is 231 Å². The first kappa shape index (κ1) is 26.7. The second-order valence-electron chi connectivity index (χ2n) is 13.0. The average Bonchev–Trinajstić information content (AvgIpc) is 3.17. The molecular weight excluding hydrogens is 496 g/mol. The van der Waals surface area contributed by atoms with Crippen molar-refractivity contribution in [1.82, 2.24) is 0 Å². The van der Waals surface area contributed by atoms with Crippen molar-refractivity contribution in [2.45, 2.75) is 76.2 Å². The Labute approximate surface area is 230 Å². The number of hydrogen-bond donors (Lipinski definition) is 0. The molecule has 0 radical (unpaired) electrons. The van der Waals surface area contributed by atoms with Crippen LogP contribution in [0, 0.1) is 0 Å². The van der Waals surface area contributed by atoms with Crippen LogP contribution in [0.2, 0.25) is 29.4 Å². The van der Waals surface area contributed by atoms with E-state index in [1.807, 2.05) is 5.57 Å². The summed E-state index contributed by atoms with van der Waals surface area (Å²) in [6.07, 6.45) is 8.23. The van der Waals surface area contributed by atoms with Crippen molar-refractivity contribution < 1.29 is 16.6 Å². The molecule has 192 valence electrons. The van der Waals surface area contributed by atoms with Gasteiger partial charge in [0.15, 0.2) is 0 Å². The van der Waals surface area contributed by atoms with E-state index in [4.69, 9.17) is 0 Å². The summed E-state index contributed by atoms with van der Waals surface area (Å²) in [6, 6.07) is 36.0. The van der Waals surface area contributed by atoms with Gasteiger partial charge < -0.3 is 0 Å². The molecule has 0 heterocycles. The maximum atomic E-state index is 2.88. The number of hydrogen-bond acceptors (Lipinski definition) is 0. The Hall–Kier alpha value is -1.93. The van der Waals surface area contributed by atoms with Crippen molar-refractivity contribution in [2.75, 3.05) is 0 Å². The summed E-state index contributed by atoms with van der Waals surface area (Å²) in [5.41, 5.74) is 9.94. The Balaban J connectivity index is 1.79. The Morgan fingerprint density at radius 1 is 0.649 bits per heavy atom. The second kappa shape index (κ2) is 11.1. The fourth-order valence-corrected chi connectivity index (χ4v) is 23.3. The molecule has 5 rings (SSSR count). The SMILES string of the molecule is CC1=C[C](C[Si](C)(C)C)([Ti]([CH2]c2ccccc2)([CH2]c2ccccc2)[CH2]c2ccccc2)C2=C1CCCC2. The topological polar surface area (TPSA) is 0 Å². The molecule has 0 saturated heterocycles. The molecule has 0 nitrogen and oxygen atoms in total. The third-order valence-corrected chi connectivity index (χ3v) is 20.0. The first-order valence-electron chi connectivity index (χ1n) is 14.3. The minimum atomic E-state index is -2.85. The molecule has 0 fully saturated rings. The van der Waals surface area contributed by atoms with Crippen LogP contribution >= 0.6 is 0 Å². The van der Waals surface area contributed by atoms with Gasteiger partial charge in [0, 0.05) is 0 Å². The summed E-state index contributed by atoms with van der Waals surface area (Å²) in [5, 5.41) is 0. The molecule has 2 aliphatic carbocycles. The molecule has 0 amide bonds. The van der Waals surface area contributed by atoms with Crippen LogP contribution in [0.25, 0.3) is 0 Å². The Morgan fingerprint density at radius 2 is 1.08 bits per heavy atom. The van der Waals surface area contributed by atoms with E-state index in [0.717, 1.165) is 0 Å². The first-order valence-corrected chi connectivity index (χ1v) is 22.1. The van der Waals surface area contributed by atoms with Crippen LogP contribution in [0.1, 0.15) is 49.3 Å². The number of benzene rings is 3. The van der Waals surface area contributed by atoms with E-state index in [-0.39, 0.29) is 3.72 Å². The zero-order valence-electron chi connectivity index (χ0n) is 23.4. The fraction of sp³-hybridized carbons (Fsp3) is 0.371. The zero-order valence-corrected chi connectivity index (χ0v) is 26.0. The van der Waals surface area contributed by atoms with Crippen molar-refractivity contribution in [1.29, 1.82) is 0 Å². The third kappa shape index (κ3) is 5.75. The summed E-state index contributed by atoms with van der Waals surface area (Å²) in [5.74, 6) is 0. The van der Waals surface area contributed by atoms with Crippen LogP contribution < -0.4 is 0 Å². The van der Waals surface area contributed by atoms with Gasteiger partial charge in [0.1, 0.15) is 0 Å². The van der Waals surface area contributed by atoms with Gasteiger partial charge in [0.05, 0.1) is 0 Å². The summed E-state index contributed by atoms with van der Waals surface area (Å²) in [4.78, 5) is 0. The Kier molecular flexibility index (Phi) is 7.96. The quantitative estimate of drug-likeness (QED) is 0.237. The molecule has 0 aliphatic heterocycles. The standard InChI is InChI=1S/C14H23Si.3C7H7.Ti/c1-11-9-12(10-15(2,3)4)14-8-6-5-7-13(11)14;3*1-7-5-3-2-4-6-7;/h9H,5-8,10H2,1-4H3;3*2-6H,1H2;. The van der Waals surface area contributed by atoms with E-state index in [9.17, 15) is 0 Å². The molecule has 0 spiro atoms. The third-order valence-electron chi connectivity index (χ3n) is 8.86. The Morgan fingerprint density at radius 3 is 1.51 bits per heavy atom. The van der Waals surface area contributed by atoms with Crippen LogP contribution in [0.4, 0.5) is 0 Å². The van der Waals surface area contributed by atoms with E-state index in [2.05, 4.69) is 124 Å². The van der Waals surface area contributed by atoms with Gasteiger partial charge in [-0.05, 0) is 0 Å². The van der Waals surface area contributed by atoms with Crippen LogP contribution in [0.3, 0.4) is 0 Å². The van der Waals surface area contributed by atoms with E-state index in [1.165, 1.54) is 45.9 Å². The van der Waals surface area contributed by atoms with E-state index < -0.39 is 24.7 Å². The molecule has 1 unspecified atom stereocenters. The van der Waals surface area contributed by atoms with Crippen LogP contribution in [0.15, 0.2) is 114 Å². The molecule has 3 aromatic rings. The van der Waals surface area contributed by atoms with Gasteiger partial charge in [0.25, 0.3) is 0 Å². The van der Waals surface area contributed by atoms with Crippen molar-refractivity contribution in [3.8, 4) is 0 Å². The molecule has 2 heteroatoms. The van der Waals surface area contributed by atoms with Gasteiger partial charge in [-0.1, -0.05) is 0 Å². The summed E-state index contributed by atoms with van der Waals surface area (Å²) < 4.78 is 4.15. The van der Waals surface area contributed by atoms with Crippen LogP contribution in [-0.4, -0.2) is 8.07 Å². The predicted molar refractivity (Wildman–Crippen MR) is 161 cm³/mol. The zero-order chi connectivity index (χ0) is 25.9. The molecule has 0 N–H and O–H groups in total. The van der Waals surface area contributed by atoms with Gasteiger partial charge in [0.2, 0.25) is 0 Å². The van der Waals surface area contributed by atoms with Crippen LogP contribution in [0.5, 0.6) is 0 Å². The van der Waals surface area contributed by atoms with Crippen molar-refractivity contribution in [2.24, 2.45) is 0 Å². The molecule has 3 aromatic carbocycles. The maximum absolute atomic E-state index is 2.88. The average molecular weight is 541 g/mol. The monoisotopic (exact) mass is 540 g/mol. The Bertz CT molecular complexity index is 1150. The molecule has 0 aromatic heterocycles. The predicted octanol–water partition coefficient (Wildman–Crippen LogP) is 10.1. The van der Waals surface area contributed by atoms with Crippen molar-refractivity contribution in [3.05, 3.63) is 130 Å². The van der Waals surface area contributed by atoms with Crippen molar-refractivity contribution >= 4 is 8.07 Å². The molecular formula is C35H44SiTi. The van der Waals surface area contributed by atoms with Gasteiger partial charge in [-0.2, -0.15) is 0 Å². The number of allylic oxidation sites excluding steroid dienone is 4. The molecule has 2 aliphatic rings. The van der Waals surface area contributed by atoms with Gasteiger partial charge in [-0.15, -0.1) is 0 Å². The van der Waals surface area contributed by atoms with Crippen LogP contribution in [-0.2, 0) is 30.8 Å². The molecule has 0 bridgehead atoms.